The fourth-order valence-electron chi connectivity index (χ4n) is 1.09. The van der Waals surface area contributed by atoms with Gasteiger partial charge in [0, 0.05) is 4.57 Å². The molecule has 0 saturated heterocycles. The van der Waals surface area contributed by atoms with E-state index in [0.29, 0.717) is 9.34 Å². The van der Waals surface area contributed by atoms with Gasteiger partial charge in [-0.25, -0.2) is 9.59 Å². The van der Waals surface area contributed by atoms with E-state index >= 15 is 0 Å². The summed E-state index contributed by atoms with van der Waals surface area (Å²) in [6, 6.07) is 5.52. The van der Waals surface area contributed by atoms with Crippen molar-refractivity contribution < 1.29 is 32.0 Å². The smallest absolute Gasteiger partial charge is 0.442 e. The largest absolute Gasteiger partial charge is 0.812 e. The Hall–Kier alpha value is -1.44. The average Bonchev–Trinajstić information content (AvgIpc) is 2.97. The van der Waals surface area contributed by atoms with E-state index in [9.17, 15) is 14.2 Å². The second-order valence-electron chi connectivity index (χ2n) is 3.19. The first-order chi connectivity index (χ1) is 9.45. The Morgan fingerprint density at radius 2 is 1.30 bits per heavy atom. The Labute approximate surface area is 129 Å². The fourth-order valence-corrected chi connectivity index (χ4v) is 2.19. The monoisotopic (exact) mass is 425 g/mol. The molecule has 0 radical (unpaired) electrons. The molecule has 0 amide bonds. The van der Waals surface area contributed by atoms with Crippen molar-refractivity contribution in [2.24, 2.45) is 0 Å². The van der Waals surface area contributed by atoms with Crippen molar-refractivity contribution in [3.8, 4) is 0 Å². The van der Waals surface area contributed by atoms with E-state index in [2.05, 4.69) is 40.9 Å². The third-order valence-electron chi connectivity index (χ3n) is 1.86. The third-order valence-corrected chi connectivity index (χ3v) is 3.35. The lowest BCUT2D eigenvalue weighted by Gasteiger charge is -1.89. The van der Waals surface area contributed by atoms with Gasteiger partial charge in [-0.15, -0.1) is 0 Å². The van der Waals surface area contributed by atoms with Crippen LogP contribution in [-0.4, -0.2) is 11.9 Å². The highest BCUT2D eigenvalue weighted by Gasteiger charge is 2.35. The lowest BCUT2D eigenvalue weighted by atomic mass is 10.5. The SMILES string of the molecule is O=C(O[P+](=O)OC(=O)c1ccc(Br)o1)c1ccc(Br)o1. The van der Waals surface area contributed by atoms with Crippen LogP contribution in [0.4, 0.5) is 0 Å². The van der Waals surface area contributed by atoms with Gasteiger partial charge in [0.05, 0.1) is 0 Å². The van der Waals surface area contributed by atoms with Crippen molar-refractivity contribution in [2.75, 3.05) is 0 Å². The van der Waals surface area contributed by atoms with Crippen LogP contribution in [0.3, 0.4) is 0 Å². The van der Waals surface area contributed by atoms with E-state index in [1.54, 1.807) is 0 Å². The van der Waals surface area contributed by atoms with Crippen LogP contribution in [0.5, 0.6) is 0 Å². The molecule has 7 nitrogen and oxygen atoms in total. The van der Waals surface area contributed by atoms with Crippen molar-refractivity contribution in [3.63, 3.8) is 0 Å². The lowest BCUT2D eigenvalue weighted by molar-refractivity contribution is 0.0616. The number of furan rings is 2. The molecule has 0 saturated carbocycles. The second-order valence-corrected chi connectivity index (χ2v) is 5.56. The van der Waals surface area contributed by atoms with E-state index in [4.69, 9.17) is 8.83 Å². The van der Waals surface area contributed by atoms with Crippen molar-refractivity contribution in [2.45, 2.75) is 0 Å². The summed E-state index contributed by atoms with van der Waals surface area (Å²) < 4.78 is 30.6. The molecule has 0 aliphatic heterocycles. The molecule has 2 aromatic heterocycles. The summed E-state index contributed by atoms with van der Waals surface area (Å²) >= 11 is 5.98. The zero-order valence-corrected chi connectivity index (χ0v) is 13.4. The topological polar surface area (TPSA) is 96.0 Å². The number of hydrogen-bond acceptors (Lipinski definition) is 7. The first-order valence-corrected chi connectivity index (χ1v) is 7.56. The van der Waals surface area contributed by atoms with Crippen LogP contribution in [0, 0.1) is 0 Å². The zero-order chi connectivity index (χ0) is 14.7. The summed E-state index contributed by atoms with van der Waals surface area (Å²) in [6.45, 7) is 0. The Balaban J connectivity index is 1.92. The van der Waals surface area contributed by atoms with Crippen LogP contribution in [-0.2, 0) is 13.6 Å². The van der Waals surface area contributed by atoms with E-state index < -0.39 is 20.2 Å². The molecule has 0 aromatic carbocycles. The molecule has 0 unspecified atom stereocenters. The maximum Gasteiger partial charge on any atom is 0.812 e. The van der Waals surface area contributed by atoms with Crippen LogP contribution in [0.25, 0.3) is 0 Å². The van der Waals surface area contributed by atoms with Crippen LogP contribution in [0.15, 0.2) is 42.4 Å². The predicted molar refractivity (Wildman–Crippen MR) is 71.3 cm³/mol. The Kier molecular flexibility index (Phi) is 4.74. The zero-order valence-electron chi connectivity index (χ0n) is 9.37. The average molecular weight is 427 g/mol. The molecule has 2 rings (SSSR count). The maximum absolute atomic E-state index is 11.4. The van der Waals surface area contributed by atoms with Gasteiger partial charge in [-0.1, -0.05) is 0 Å². The molecule has 2 aromatic rings. The van der Waals surface area contributed by atoms with Gasteiger partial charge >= 0.3 is 20.2 Å². The molecular formula is C10H4Br2O7P+. The predicted octanol–water partition coefficient (Wildman–Crippen LogP) is 4.07. The van der Waals surface area contributed by atoms with E-state index in [1.807, 2.05) is 0 Å². The number of hydrogen-bond donors (Lipinski definition) is 0. The molecule has 0 fully saturated rings. The standard InChI is InChI=1S/C10H4Br2O7P/c11-7-3-1-5(16-7)9(13)18-20(15)19-10(14)6-2-4-8(12)17-6/h1-4H/q+1. The van der Waals surface area contributed by atoms with Crippen molar-refractivity contribution in [1.82, 2.24) is 0 Å². The fraction of sp³-hybridized carbons (Fsp3) is 0. The van der Waals surface area contributed by atoms with Crippen molar-refractivity contribution >= 4 is 52.1 Å². The van der Waals surface area contributed by atoms with Gasteiger partial charge in [0.15, 0.2) is 9.34 Å². The summed E-state index contributed by atoms with van der Waals surface area (Å²) in [4.78, 5) is 22.9. The summed E-state index contributed by atoms with van der Waals surface area (Å²) in [5, 5.41) is 0. The highest BCUT2D eigenvalue weighted by atomic mass is 79.9. The highest BCUT2D eigenvalue weighted by molar-refractivity contribution is 9.10. The molecule has 0 atom stereocenters. The lowest BCUT2D eigenvalue weighted by Crippen LogP contribution is -2.02. The number of halogens is 2. The summed E-state index contributed by atoms with van der Waals surface area (Å²) in [7, 11) is -2.99. The quantitative estimate of drug-likeness (QED) is 0.680. The van der Waals surface area contributed by atoms with Gasteiger partial charge in [-0.2, -0.15) is 9.05 Å². The first-order valence-electron chi connectivity index (χ1n) is 4.88. The number of rotatable bonds is 4. The molecule has 2 heterocycles. The van der Waals surface area contributed by atoms with Gasteiger partial charge in [0.25, 0.3) is 0 Å². The minimum absolute atomic E-state index is 0.183. The molecule has 104 valence electrons. The van der Waals surface area contributed by atoms with Gasteiger partial charge in [0.1, 0.15) is 0 Å². The van der Waals surface area contributed by atoms with Gasteiger partial charge in [-0.3, -0.25) is 0 Å². The minimum atomic E-state index is -2.99. The van der Waals surface area contributed by atoms with Crippen LogP contribution < -0.4 is 0 Å². The van der Waals surface area contributed by atoms with Crippen molar-refractivity contribution in [3.05, 3.63) is 45.1 Å². The van der Waals surface area contributed by atoms with Gasteiger partial charge < -0.3 is 8.83 Å². The van der Waals surface area contributed by atoms with Crippen LogP contribution >= 0.6 is 40.1 Å². The molecule has 0 N–H and O–H groups in total. The van der Waals surface area contributed by atoms with Crippen LogP contribution in [0.2, 0.25) is 0 Å². The molecular weight excluding hydrogens is 423 g/mol. The number of carbonyl (C=O) groups is 2. The van der Waals surface area contributed by atoms with Crippen molar-refractivity contribution in [1.29, 1.82) is 0 Å². The molecule has 0 aliphatic rings. The maximum atomic E-state index is 11.4. The molecule has 0 aliphatic carbocycles. The first kappa shape index (κ1) is 15.0. The minimum Gasteiger partial charge on any atom is -0.442 e. The van der Waals surface area contributed by atoms with Gasteiger partial charge in [0.2, 0.25) is 11.5 Å². The highest BCUT2D eigenvalue weighted by Crippen LogP contribution is 2.29. The summed E-state index contributed by atoms with van der Waals surface area (Å²) in [5.41, 5.74) is 0. The Morgan fingerprint density at radius 1 is 0.900 bits per heavy atom. The molecule has 0 bridgehead atoms. The summed E-state index contributed by atoms with van der Waals surface area (Å²) in [5.74, 6) is -2.41. The number of carbonyl (C=O) groups excluding carboxylic acids is 2. The molecule has 0 spiro atoms. The van der Waals surface area contributed by atoms with E-state index in [0.717, 1.165) is 0 Å². The van der Waals surface area contributed by atoms with E-state index in [-0.39, 0.29) is 11.5 Å². The van der Waals surface area contributed by atoms with E-state index in [1.165, 1.54) is 24.3 Å². The van der Waals surface area contributed by atoms with Crippen LogP contribution in [0.1, 0.15) is 21.1 Å². The summed E-state index contributed by atoms with van der Waals surface area (Å²) in [6.07, 6.45) is 0. The Morgan fingerprint density at radius 3 is 1.60 bits per heavy atom. The molecule has 10 heteroatoms. The Bertz CT molecular complexity index is 618. The molecule has 20 heavy (non-hydrogen) atoms. The third kappa shape index (κ3) is 3.78. The normalized spacial score (nSPS) is 10.1. The van der Waals surface area contributed by atoms with Gasteiger partial charge in [-0.05, 0) is 56.1 Å². The second kappa shape index (κ2) is 6.34.